The molecule has 0 aliphatic rings. The standard InChI is InChI=1S/C16H14ClFO2/c1-11-5-6-14(18)7-12(11)8-15(19)10-20-16-4-2-3-13(17)9-16/h2-7,9H,8,10H2,1H3. The minimum Gasteiger partial charge on any atom is -0.486 e. The third-order valence-electron chi connectivity index (χ3n) is 2.89. The maximum Gasteiger partial charge on any atom is 0.174 e. The van der Waals surface area contributed by atoms with Crippen molar-refractivity contribution in [3.63, 3.8) is 0 Å². The Morgan fingerprint density at radius 1 is 1.25 bits per heavy atom. The van der Waals surface area contributed by atoms with Crippen molar-refractivity contribution in [3.05, 3.63) is 64.4 Å². The molecule has 2 aromatic rings. The van der Waals surface area contributed by atoms with E-state index in [2.05, 4.69) is 0 Å². The van der Waals surface area contributed by atoms with Crippen LogP contribution in [0, 0.1) is 12.7 Å². The van der Waals surface area contributed by atoms with E-state index in [1.165, 1.54) is 12.1 Å². The lowest BCUT2D eigenvalue weighted by Crippen LogP contribution is -2.14. The lowest BCUT2D eigenvalue weighted by Gasteiger charge is -2.07. The van der Waals surface area contributed by atoms with E-state index in [4.69, 9.17) is 16.3 Å². The molecule has 0 aliphatic carbocycles. The highest BCUT2D eigenvalue weighted by Gasteiger charge is 2.08. The second kappa shape index (κ2) is 6.53. The van der Waals surface area contributed by atoms with Crippen LogP contribution in [-0.2, 0) is 11.2 Å². The maximum absolute atomic E-state index is 13.1. The minimum atomic E-state index is -0.339. The number of benzene rings is 2. The summed E-state index contributed by atoms with van der Waals surface area (Å²) in [4.78, 5) is 11.9. The average Bonchev–Trinajstić information content (AvgIpc) is 2.41. The number of hydrogen-bond donors (Lipinski definition) is 0. The Kier molecular flexibility index (Phi) is 4.74. The molecule has 2 nitrogen and oxygen atoms in total. The Hall–Kier alpha value is -1.87. The predicted octanol–water partition coefficient (Wildman–Crippen LogP) is 3.98. The molecule has 0 aliphatic heterocycles. The number of halogens is 2. The van der Waals surface area contributed by atoms with Crippen LogP contribution in [0.15, 0.2) is 42.5 Å². The number of carbonyl (C=O) groups is 1. The summed E-state index contributed by atoms with van der Waals surface area (Å²) >= 11 is 5.82. The number of hydrogen-bond acceptors (Lipinski definition) is 2. The molecule has 0 saturated carbocycles. The summed E-state index contributed by atoms with van der Waals surface area (Å²) in [5.41, 5.74) is 1.58. The number of aryl methyl sites for hydroxylation is 1. The molecule has 104 valence electrons. The Bertz CT molecular complexity index is 626. The first kappa shape index (κ1) is 14.5. The Morgan fingerprint density at radius 3 is 2.80 bits per heavy atom. The summed E-state index contributed by atoms with van der Waals surface area (Å²) in [6, 6.07) is 11.3. The van der Waals surface area contributed by atoms with Gasteiger partial charge in [0.25, 0.3) is 0 Å². The summed E-state index contributed by atoms with van der Waals surface area (Å²) in [6.07, 6.45) is 0.157. The van der Waals surface area contributed by atoms with E-state index in [0.29, 0.717) is 16.3 Å². The van der Waals surface area contributed by atoms with Crippen LogP contribution >= 0.6 is 11.6 Å². The summed E-state index contributed by atoms with van der Waals surface area (Å²) in [6.45, 7) is 1.79. The third-order valence-corrected chi connectivity index (χ3v) is 3.13. The Labute approximate surface area is 122 Å². The van der Waals surface area contributed by atoms with Crippen molar-refractivity contribution in [3.8, 4) is 5.75 Å². The molecule has 0 bridgehead atoms. The van der Waals surface area contributed by atoms with Gasteiger partial charge in [0.15, 0.2) is 5.78 Å². The zero-order valence-corrected chi connectivity index (χ0v) is 11.8. The van der Waals surface area contributed by atoms with Gasteiger partial charge in [-0.2, -0.15) is 0 Å². The van der Waals surface area contributed by atoms with Crippen LogP contribution in [0.4, 0.5) is 4.39 Å². The van der Waals surface area contributed by atoms with Gasteiger partial charge in [-0.25, -0.2) is 4.39 Å². The molecule has 0 unspecified atom stereocenters. The lowest BCUT2D eigenvalue weighted by atomic mass is 10.0. The SMILES string of the molecule is Cc1ccc(F)cc1CC(=O)COc1cccc(Cl)c1. The first-order chi connectivity index (χ1) is 9.54. The van der Waals surface area contributed by atoms with Gasteiger partial charge in [-0.05, 0) is 48.4 Å². The van der Waals surface area contributed by atoms with Gasteiger partial charge in [0.1, 0.15) is 18.2 Å². The molecular weight excluding hydrogens is 279 g/mol. The minimum absolute atomic E-state index is 0.0592. The first-order valence-corrected chi connectivity index (χ1v) is 6.57. The molecule has 2 rings (SSSR count). The smallest absolute Gasteiger partial charge is 0.174 e. The molecular formula is C16H14ClFO2. The maximum atomic E-state index is 13.1. The van der Waals surface area contributed by atoms with Crippen molar-refractivity contribution in [1.29, 1.82) is 0 Å². The highest BCUT2D eigenvalue weighted by atomic mass is 35.5. The topological polar surface area (TPSA) is 26.3 Å². The first-order valence-electron chi connectivity index (χ1n) is 6.19. The molecule has 0 spiro atoms. The molecule has 0 heterocycles. The second-order valence-corrected chi connectivity index (χ2v) is 4.97. The van der Waals surface area contributed by atoms with Gasteiger partial charge in [-0.1, -0.05) is 23.7 Å². The van der Waals surface area contributed by atoms with E-state index in [-0.39, 0.29) is 24.6 Å². The molecule has 0 fully saturated rings. The molecule has 0 amide bonds. The summed E-state index contributed by atoms with van der Waals surface area (Å²) in [5, 5.41) is 0.552. The molecule has 20 heavy (non-hydrogen) atoms. The molecule has 2 aromatic carbocycles. The Morgan fingerprint density at radius 2 is 2.05 bits per heavy atom. The van der Waals surface area contributed by atoms with Gasteiger partial charge in [0, 0.05) is 11.4 Å². The molecule has 0 aromatic heterocycles. The van der Waals surface area contributed by atoms with E-state index in [1.807, 2.05) is 6.92 Å². The van der Waals surface area contributed by atoms with Gasteiger partial charge >= 0.3 is 0 Å². The zero-order valence-electron chi connectivity index (χ0n) is 11.0. The van der Waals surface area contributed by atoms with Crippen LogP contribution in [0.3, 0.4) is 0 Å². The van der Waals surface area contributed by atoms with Crippen molar-refractivity contribution in [2.75, 3.05) is 6.61 Å². The van der Waals surface area contributed by atoms with Gasteiger partial charge in [0.05, 0.1) is 0 Å². The monoisotopic (exact) mass is 292 g/mol. The van der Waals surface area contributed by atoms with E-state index in [0.717, 1.165) is 5.56 Å². The summed E-state index contributed by atoms with van der Waals surface area (Å²) in [5.74, 6) is 0.0923. The number of ether oxygens (including phenoxy) is 1. The quantitative estimate of drug-likeness (QED) is 0.833. The zero-order chi connectivity index (χ0) is 14.5. The van der Waals surface area contributed by atoms with Crippen LogP contribution in [0.25, 0.3) is 0 Å². The van der Waals surface area contributed by atoms with Crippen LogP contribution in [0.5, 0.6) is 5.75 Å². The fourth-order valence-electron chi connectivity index (χ4n) is 1.81. The van der Waals surface area contributed by atoms with Crippen molar-refractivity contribution in [2.24, 2.45) is 0 Å². The normalized spacial score (nSPS) is 10.3. The van der Waals surface area contributed by atoms with Gasteiger partial charge < -0.3 is 4.74 Å². The van der Waals surface area contributed by atoms with Crippen molar-refractivity contribution in [2.45, 2.75) is 13.3 Å². The highest BCUT2D eigenvalue weighted by Crippen LogP contribution is 2.17. The van der Waals surface area contributed by atoms with Gasteiger partial charge in [0.2, 0.25) is 0 Å². The fourth-order valence-corrected chi connectivity index (χ4v) is 1.99. The average molecular weight is 293 g/mol. The van der Waals surface area contributed by atoms with E-state index in [9.17, 15) is 9.18 Å². The van der Waals surface area contributed by atoms with E-state index in [1.54, 1.807) is 30.3 Å². The number of Topliss-reactive ketones (excluding diaryl/α,β-unsaturated/α-hetero) is 1. The molecule has 0 radical (unpaired) electrons. The highest BCUT2D eigenvalue weighted by molar-refractivity contribution is 6.30. The lowest BCUT2D eigenvalue weighted by molar-refractivity contribution is -0.120. The van der Waals surface area contributed by atoms with E-state index >= 15 is 0 Å². The number of carbonyl (C=O) groups excluding carboxylic acids is 1. The molecule has 4 heteroatoms. The van der Waals surface area contributed by atoms with Crippen LogP contribution in [-0.4, -0.2) is 12.4 Å². The van der Waals surface area contributed by atoms with Gasteiger partial charge in [-0.3, -0.25) is 4.79 Å². The second-order valence-electron chi connectivity index (χ2n) is 4.53. The summed E-state index contributed by atoms with van der Waals surface area (Å²) < 4.78 is 18.5. The number of ketones is 1. The van der Waals surface area contributed by atoms with Crippen LogP contribution in [0.1, 0.15) is 11.1 Å². The van der Waals surface area contributed by atoms with Gasteiger partial charge in [-0.15, -0.1) is 0 Å². The third kappa shape index (κ3) is 4.07. The number of rotatable bonds is 5. The fraction of sp³-hybridized carbons (Fsp3) is 0.188. The predicted molar refractivity (Wildman–Crippen MR) is 76.8 cm³/mol. The summed E-state index contributed by atoms with van der Waals surface area (Å²) in [7, 11) is 0. The molecule has 0 atom stereocenters. The largest absolute Gasteiger partial charge is 0.486 e. The van der Waals surface area contributed by atoms with E-state index < -0.39 is 0 Å². The molecule has 0 N–H and O–H groups in total. The van der Waals surface area contributed by atoms with Crippen molar-refractivity contribution >= 4 is 17.4 Å². The molecule has 0 saturated heterocycles. The van der Waals surface area contributed by atoms with Crippen LogP contribution < -0.4 is 4.74 Å². The van der Waals surface area contributed by atoms with Crippen molar-refractivity contribution < 1.29 is 13.9 Å². The van der Waals surface area contributed by atoms with Crippen LogP contribution in [0.2, 0.25) is 5.02 Å². The van der Waals surface area contributed by atoms with Crippen molar-refractivity contribution in [1.82, 2.24) is 0 Å². The Balaban J connectivity index is 1.94.